The zero-order valence-corrected chi connectivity index (χ0v) is 22.5. The standard InChI is InChI=1S/C30H50O3/c1-17-9-11-27(5)13-14-28(6)19(24(27)18(17)2)15-20(31)25-29(28,7)12-10-21-26(3,4)22(32)16-23(33)30(21,25)8/h15,17-18,20-25,31-33H,9-14,16H2,1-8H3/t17-,18+,20-,21+,22-,23-,24+,25+,27-,28-,29-,30-/m1/s1. The van der Waals surface area contributed by atoms with E-state index in [2.05, 4.69) is 61.5 Å². The highest BCUT2D eigenvalue weighted by Crippen LogP contribution is 2.75. The number of hydrogen-bond acceptors (Lipinski definition) is 3. The van der Waals surface area contributed by atoms with E-state index in [0.717, 1.165) is 18.8 Å². The van der Waals surface area contributed by atoms with Gasteiger partial charge in [-0.25, -0.2) is 0 Å². The van der Waals surface area contributed by atoms with Gasteiger partial charge in [-0.2, -0.15) is 0 Å². The summed E-state index contributed by atoms with van der Waals surface area (Å²) in [5.41, 5.74) is 1.25. The van der Waals surface area contributed by atoms with E-state index in [-0.39, 0.29) is 28.1 Å². The quantitative estimate of drug-likeness (QED) is 0.392. The summed E-state index contributed by atoms with van der Waals surface area (Å²) in [5, 5.41) is 34.4. The molecule has 5 aliphatic rings. The molecular formula is C30H50O3. The Labute approximate surface area is 202 Å². The van der Waals surface area contributed by atoms with Gasteiger partial charge in [0.1, 0.15) is 0 Å². The second-order valence-electron chi connectivity index (χ2n) is 14.9. The lowest BCUT2D eigenvalue weighted by atomic mass is 9.32. The third-order valence-electron chi connectivity index (χ3n) is 13.4. The maximum Gasteiger partial charge on any atom is 0.0763 e. The molecule has 0 aromatic heterocycles. The molecule has 33 heavy (non-hydrogen) atoms. The minimum atomic E-state index is -0.578. The molecule has 0 aliphatic heterocycles. The molecule has 3 heteroatoms. The van der Waals surface area contributed by atoms with Crippen LogP contribution in [0.15, 0.2) is 11.6 Å². The highest BCUT2D eigenvalue weighted by Gasteiger charge is 2.71. The number of fused-ring (bicyclic) bond motifs is 7. The first-order valence-electron chi connectivity index (χ1n) is 13.9. The molecule has 4 saturated carbocycles. The number of rotatable bonds is 0. The van der Waals surface area contributed by atoms with Gasteiger partial charge >= 0.3 is 0 Å². The van der Waals surface area contributed by atoms with Crippen LogP contribution in [0.4, 0.5) is 0 Å². The highest BCUT2D eigenvalue weighted by atomic mass is 16.3. The molecule has 5 rings (SSSR count). The van der Waals surface area contributed by atoms with Crippen molar-refractivity contribution in [1.29, 1.82) is 0 Å². The summed E-state index contributed by atoms with van der Waals surface area (Å²) >= 11 is 0. The summed E-state index contributed by atoms with van der Waals surface area (Å²) in [6.45, 7) is 19.0. The van der Waals surface area contributed by atoms with Crippen molar-refractivity contribution in [2.24, 2.45) is 56.7 Å². The van der Waals surface area contributed by atoms with Crippen LogP contribution in [-0.2, 0) is 0 Å². The van der Waals surface area contributed by atoms with Crippen LogP contribution in [0.2, 0.25) is 0 Å². The van der Waals surface area contributed by atoms with Gasteiger partial charge < -0.3 is 15.3 Å². The van der Waals surface area contributed by atoms with Crippen LogP contribution < -0.4 is 0 Å². The van der Waals surface area contributed by atoms with Crippen LogP contribution in [0, 0.1) is 56.7 Å². The van der Waals surface area contributed by atoms with Crippen molar-refractivity contribution < 1.29 is 15.3 Å². The van der Waals surface area contributed by atoms with Gasteiger partial charge in [0, 0.05) is 17.8 Å². The Kier molecular flexibility index (Phi) is 5.23. The lowest BCUT2D eigenvalue weighted by Gasteiger charge is -2.72. The predicted octanol–water partition coefficient (Wildman–Crippen LogP) is 5.97. The Hall–Kier alpha value is -0.380. The third kappa shape index (κ3) is 2.80. The van der Waals surface area contributed by atoms with Crippen LogP contribution in [0.3, 0.4) is 0 Å². The highest BCUT2D eigenvalue weighted by molar-refractivity contribution is 5.36. The molecule has 0 unspecified atom stereocenters. The van der Waals surface area contributed by atoms with Crippen molar-refractivity contribution in [2.45, 2.75) is 119 Å². The number of allylic oxidation sites excluding steroid dienone is 1. The van der Waals surface area contributed by atoms with Crippen LogP contribution >= 0.6 is 0 Å². The fraction of sp³-hybridized carbons (Fsp3) is 0.933. The van der Waals surface area contributed by atoms with Gasteiger partial charge in [-0.05, 0) is 83.9 Å². The SMILES string of the molecule is C[C@H]1[C@H](C)CC[C@]2(C)CC[C@]3(C)C(=C[C@@H](O)[C@@H]4[C@@]5(C)[C@H](O)C[C@@H](O)C(C)(C)[C@@H]5CC[C@]43C)[C@H]12. The largest absolute Gasteiger partial charge is 0.392 e. The van der Waals surface area contributed by atoms with Crippen molar-refractivity contribution in [3.63, 3.8) is 0 Å². The Morgan fingerprint density at radius 3 is 2.15 bits per heavy atom. The maximum atomic E-state index is 12.0. The van der Waals surface area contributed by atoms with Crippen molar-refractivity contribution in [2.75, 3.05) is 0 Å². The molecule has 3 nitrogen and oxygen atoms in total. The summed E-state index contributed by atoms with van der Waals surface area (Å²) < 4.78 is 0. The Morgan fingerprint density at radius 1 is 0.818 bits per heavy atom. The van der Waals surface area contributed by atoms with Gasteiger partial charge in [0.25, 0.3) is 0 Å². The normalized spacial score (nSPS) is 60.0. The molecule has 0 radical (unpaired) electrons. The lowest BCUT2D eigenvalue weighted by molar-refractivity contribution is -0.260. The number of aliphatic hydroxyl groups is 3. The van der Waals surface area contributed by atoms with Gasteiger partial charge in [-0.15, -0.1) is 0 Å². The van der Waals surface area contributed by atoms with Gasteiger partial charge in [-0.1, -0.05) is 67.0 Å². The van der Waals surface area contributed by atoms with Crippen molar-refractivity contribution >= 4 is 0 Å². The summed E-state index contributed by atoms with van der Waals surface area (Å²) in [5.74, 6) is 2.14. The predicted molar refractivity (Wildman–Crippen MR) is 133 cm³/mol. The molecular weight excluding hydrogens is 408 g/mol. The summed E-state index contributed by atoms with van der Waals surface area (Å²) in [4.78, 5) is 0. The second kappa shape index (κ2) is 7.10. The van der Waals surface area contributed by atoms with Gasteiger partial charge in [-0.3, -0.25) is 0 Å². The van der Waals surface area contributed by atoms with Crippen molar-refractivity contribution in [1.82, 2.24) is 0 Å². The number of hydrogen-bond donors (Lipinski definition) is 3. The smallest absolute Gasteiger partial charge is 0.0763 e. The van der Waals surface area contributed by atoms with E-state index in [1.165, 1.54) is 25.7 Å². The lowest BCUT2D eigenvalue weighted by Crippen LogP contribution is -2.70. The fourth-order valence-corrected chi connectivity index (χ4v) is 10.9. The van der Waals surface area contributed by atoms with Crippen LogP contribution in [0.25, 0.3) is 0 Å². The summed E-state index contributed by atoms with van der Waals surface area (Å²) in [6, 6.07) is 0. The fourth-order valence-electron chi connectivity index (χ4n) is 10.9. The van der Waals surface area contributed by atoms with Gasteiger partial charge in [0.15, 0.2) is 0 Å². The molecule has 0 bridgehead atoms. The first-order valence-corrected chi connectivity index (χ1v) is 13.9. The van der Waals surface area contributed by atoms with Crippen LogP contribution in [0.1, 0.15) is 100 Å². The molecule has 0 aromatic rings. The molecule has 0 amide bonds. The first kappa shape index (κ1) is 24.3. The average Bonchev–Trinajstić information content (AvgIpc) is 2.71. The van der Waals surface area contributed by atoms with Crippen LogP contribution in [0.5, 0.6) is 0 Å². The zero-order valence-electron chi connectivity index (χ0n) is 22.5. The van der Waals surface area contributed by atoms with Crippen molar-refractivity contribution in [3.8, 4) is 0 Å². The van der Waals surface area contributed by atoms with Crippen molar-refractivity contribution in [3.05, 3.63) is 11.6 Å². The van der Waals surface area contributed by atoms with E-state index in [4.69, 9.17) is 0 Å². The number of aliphatic hydroxyl groups excluding tert-OH is 3. The Balaban J connectivity index is 1.66. The molecule has 3 N–H and O–H groups in total. The van der Waals surface area contributed by atoms with E-state index in [9.17, 15) is 15.3 Å². The maximum absolute atomic E-state index is 12.0. The summed E-state index contributed by atoms with van der Waals surface area (Å²) in [7, 11) is 0. The van der Waals surface area contributed by atoms with E-state index in [1.54, 1.807) is 5.57 Å². The topological polar surface area (TPSA) is 60.7 Å². The second-order valence-corrected chi connectivity index (χ2v) is 14.9. The molecule has 0 heterocycles. The van der Waals surface area contributed by atoms with Gasteiger partial charge in [0.2, 0.25) is 0 Å². The van der Waals surface area contributed by atoms with E-state index >= 15 is 0 Å². The van der Waals surface area contributed by atoms with E-state index in [0.29, 0.717) is 23.7 Å². The Bertz CT molecular complexity index is 847. The zero-order chi connectivity index (χ0) is 24.4. The average molecular weight is 459 g/mol. The van der Waals surface area contributed by atoms with Crippen LogP contribution in [-0.4, -0.2) is 33.6 Å². The summed E-state index contributed by atoms with van der Waals surface area (Å²) in [6.07, 6.45) is 8.29. The van der Waals surface area contributed by atoms with E-state index < -0.39 is 23.7 Å². The molecule has 12 atom stereocenters. The molecule has 0 spiro atoms. The first-order chi connectivity index (χ1) is 15.1. The Morgan fingerprint density at radius 2 is 1.48 bits per heavy atom. The van der Waals surface area contributed by atoms with E-state index in [1.807, 2.05) is 0 Å². The molecule has 0 aromatic carbocycles. The molecule has 188 valence electrons. The minimum absolute atomic E-state index is 0.0138. The molecule has 0 saturated heterocycles. The molecule has 5 aliphatic carbocycles. The third-order valence-corrected chi connectivity index (χ3v) is 13.4. The van der Waals surface area contributed by atoms with Gasteiger partial charge in [0.05, 0.1) is 18.3 Å². The minimum Gasteiger partial charge on any atom is -0.392 e. The molecule has 4 fully saturated rings. The monoisotopic (exact) mass is 458 g/mol.